The predicted octanol–water partition coefficient (Wildman–Crippen LogP) is 3.31. The van der Waals surface area contributed by atoms with Crippen LogP contribution in [0.15, 0.2) is 24.5 Å². The summed E-state index contributed by atoms with van der Waals surface area (Å²) in [5.41, 5.74) is 2.04. The number of likely N-dealkylation sites (N-methyl/N-ethyl adjacent to an activating group) is 1. The molecular weight excluding hydrogens is 457 g/mol. The van der Waals surface area contributed by atoms with Crippen molar-refractivity contribution in [3.63, 3.8) is 0 Å². The molecule has 1 fully saturated rings. The number of hydrogen-bond acceptors (Lipinski definition) is 5. The number of halogens is 1. The summed E-state index contributed by atoms with van der Waals surface area (Å²) >= 11 is 0. The lowest BCUT2D eigenvalue weighted by Crippen LogP contribution is -2.48. The lowest BCUT2D eigenvalue weighted by Gasteiger charge is -2.28. The third-order valence-corrected chi connectivity index (χ3v) is 7.78. The standard InChI is InChI=1S/C24H36FN5O3S/c1-16(2)21-10-18(11-22(17(3)4)24(21)25)12-23(31)27-34(32,33)30(20-13-26-29(6)14-20)15-19-8-7-9-28(19)5/h10-11,13-14,16-17,19H,7-9,12,15H2,1-6H3,(H,27,31)/t19-/m0/s1. The normalized spacial score (nSPS) is 17.0. The SMILES string of the molecule is CC(C)c1cc(CC(=O)NS(=O)(=O)N(C[C@@H]2CCCN2C)c2cnn(C)c2)cc(C(C)C)c1F. The minimum atomic E-state index is -4.17. The van der Waals surface area contributed by atoms with Gasteiger partial charge in [-0.25, -0.2) is 13.4 Å². The maximum Gasteiger partial charge on any atom is 0.326 e. The zero-order valence-corrected chi connectivity index (χ0v) is 21.7. The lowest BCUT2D eigenvalue weighted by molar-refractivity contribution is -0.118. The number of nitrogens with zero attached hydrogens (tertiary/aromatic N) is 4. The second kappa shape index (κ2) is 10.4. The van der Waals surface area contributed by atoms with Crippen LogP contribution in [0, 0.1) is 5.82 Å². The molecular formula is C24H36FN5O3S. The van der Waals surface area contributed by atoms with Crippen LogP contribution in [0.25, 0.3) is 0 Å². The molecule has 2 aromatic rings. The molecule has 1 saturated heterocycles. The number of aromatic nitrogens is 2. The molecule has 1 aliphatic heterocycles. The maximum absolute atomic E-state index is 14.9. The van der Waals surface area contributed by atoms with Gasteiger partial charge in [0.15, 0.2) is 0 Å². The molecule has 1 N–H and O–H groups in total. The van der Waals surface area contributed by atoms with Gasteiger partial charge in [0.2, 0.25) is 5.91 Å². The van der Waals surface area contributed by atoms with Crippen molar-refractivity contribution in [2.75, 3.05) is 24.4 Å². The van der Waals surface area contributed by atoms with Gasteiger partial charge in [0, 0.05) is 19.3 Å². The Morgan fingerprint density at radius 3 is 2.29 bits per heavy atom. The third kappa shape index (κ3) is 5.96. The molecule has 0 saturated carbocycles. The van der Waals surface area contributed by atoms with E-state index in [1.54, 1.807) is 25.4 Å². The fourth-order valence-electron chi connectivity index (χ4n) is 4.38. The van der Waals surface area contributed by atoms with Crippen molar-refractivity contribution in [3.8, 4) is 0 Å². The summed E-state index contributed by atoms with van der Waals surface area (Å²) in [5.74, 6) is -1.04. The molecule has 188 valence electrons. The van der Waals surface area contributed by atoms with E-state index in [0.717, 1.165) is 19.4 Å². The molecule has 2 heterocycles. The van der Waals surface area contributed by atoms with E-state index in [9.17, 15) is 17.6 Å². The van der Waals surface area contributed by atoms with E-state index < -0.39 is 16.1 Å². The van der Waals surface area contributed by atoms with Crippen LogP contribution in [0.3, 0.4) is 0 Å². The van der Waals surface area contributed by atoms with Crippen molar-refractivity contribution >= 4 is 21.8 Å². The van der Waals surface area contributed by atoms with Gasteiger partial charge in [-0.2, -0.15) is 13.5 Å². The van der Waals surface area contributed by atoms with E-state index in [1.807, 2.05) is 34.7 Å². The van der Waals surface area contributed by atoms with Crippen molar-refractivity contribution < 1.29 is 17.6 Å². The molecule has 3 rings (SSSR count). The molecule has 0 radical (unpaired) electrons. The van der Waals surface area contributed by atoms with Crippen molar-refractivity contribution in [1.29, 1.82) is 0 Å². The van der Waals surface area contributed by atoms with Gasteiger partial charge in [0.25, 0.3) is 0 Å². The highest BCUT2D eigenvalue weighted by Crippen LogP contribution is 2.28. The molecule has 0 spiro atoms. The average Bonchev–Trinajstić information content (AvgIpc) is 3.33. The summed E-state index contributed by atoms with van der Waals surface area (Å²) < 4.78 is 46.5. The van der Waals surface area contributed by atoms with Crippen molar-refractivity contribution in [2.45, 2.75) is 64.8 Å². The summed E-state index contributed by atoms with van der Waals surface area (Å²) in [6.07, 6.45) is 4.80. The van der Waals surface area contributed by atoms with Crippen molar-refractivity contribution in [3.05, 3.63) is 47.0 Å². The van der Waals surface area contributed by atoms with E-state index in [0.29, 0.717) is 22.4 Å². The van der Waals surface area contributed by atoms with Crippen LogP contribution in [0.2, 0.25) is 0 Å². The second-order valence-corrected chi connectivity index (χ2v) is 11.4. The summed E-state index contributed by atoms with van der Waals surface area (Å²) in [7, 11) is -0.494. The summed E-state index contributed by atoms with van der Waals surface area (Å²) in [6, 6.07) is 3.36. The van der Waals surface area contributed by atoms with E-state index in [2.05, 4.69) is 14.7 Å². The van der Waals surface area contributed by atoms with E-state index in [-0.39, 0.29) is 36.7 Å². The molecule has 1 aromatic carbocycles. The molecule has 0 aliphatic carbocycles. The molecule has 10 heteroatoms. The average molecular weight is 494 g/mol. The molecule has 0 unspecified atom stereocenters. The first-order valence-electron chi connectivity index (χ1n) is 11.7. The van der Waals surface area contributed by atoms with Gasteiger partial charge in [-0.15, -0.1) is 0 Å². The van der Waals surface area contributed by atoms with Gasteiger partial charge in [0.05, 0.1) is 24.8 Å². The van der Waals surface area contributed by atoms with Gasteiger partial charge in [-0.05, 0) is 55.0 Å². The Morgan fingerprint density at radius 1 is 1.21 bits per heavy atom. The zero-order valence-electron chi connectivity index (χ0n) is 20.9. The summed E-state index contributed by atoms with van der Waals surface area (Å²) in [5, 5.41) is 4.10. The highest BCUT2D eigenvalue weighted by atomic mass is 32.2. The summed E-state index contributed by atoms with van der Waals surface area (Å²) in [6.45, 7) is 8.69. The van der Waals surface area contributed by atoms with Crippen LogP contribution in [0.5, 0.6) is 0 Å². The van der Waals surface area contributed by atoms with Gasteiger partial charge in [0.1, 0.15) is 5.82 Å². The third-order valence-electron chi connectivity index (χ3n) is 6.36. The van der Waals surface area contributed by atoms with Gasteiger partial charge >= 0.3 is 10.2 Å². The number of rotatable bonds is 9. The predicted molar refractivity (Wildman–Crippen MR) is 132 cm³/mol. The van der Waals surface area contributed by atoms with Crippen LogP contribution in [-0.2, 0) is 28.5 Å². The molecule has 1 atom stereocenters. The maximum atomic E-state index is 14.9. The van der Waals surface area contributed by atoms with Crippen LogP contribution in [0.4, 0.5) is 10.1 Å². The minimum absolute atomic E-state index is 0.0474. The number of carbonyl (C=O) groups excluding carboxylic acids is 1. The molecule has 1 aliphatic rings. The molecule has 0 bridgehead atoms. The highest BCUT2D eigenvalue weighted by molar-refractivity contribution is 7.91. The van der Waals surface area contributed by atoms with Crippen molar-refractivity contribution in [2.24, 2.45) is 7.05 Å². The first-order chi connectivity index (χ1) is 15.9. The number of anilines is 1. The first kappa shape index (κ1) is 26.2. The summed E-state index contributed by atoms with van der Waals surface area (Å²) in [4.78, 5) is 15.0. The van der Waals surface area contributed by atoms with Crippen LogP contribution in [0.1, 0.15) is 69.1 Å². The van der Waals surface area contributed by atoms with Crippen molar-refractivity contribution in [1.82, 2.24) is 19.4 Å². The van der Waals surface area contributed by atoms with Crippen LogP contribution >= 0.6 is 0 Å². The van der Waals surface area contributed by atoms with Gasteiger partial charge in [-0.1, -0.05) is 39.8 Å². The number of benzene rings is 1. The van der Waals surface area contributed by atoms with Crippen LogP contribution < -0.4 is 9.03 Å². The smallest absolute Gasteiger partial charge is 0.302 e. The number of carbonyl (C=O) groups is 1. The highest BCUT2D eigenvalue weighted by Gasteiger charge is 2.32. The quantitative estimate of drug-likeness (QED) is 0.579. The zero-order chi connectivity index (χ0) is 25.2. The molecule has 8 nitrogen and oxygen atoms in total. The Bertz CT molecular complexity index is 1100. The number of hydrogen-bond donors (Lipinski definition) is 1. The number of amides is 1. The Labute approximate surface area is 202 Å². The number of aryl methyl sites for hydroxylation is 1. The van der Waals surface area contributed by atoms with E-state index in [4.69, 9.17) is 0 Å². The number of nitrogens with one attached hydrogen (secondary N) is 1. The van der Waals surface area contributed by atoms with Gasteiger partial charge < -0.3 is 4.90 Å². The van der Waals surface area contributed by atoms with Gasteiger partial charge in [-0.3, -0.25) is 9.48 Å². The minimum Gasteiger partial charge on any atom is -0.302 e. The topological polar surface area (TPSA) is 87.5 Å². The fraction of sp³-hybridized carbons (Fsp3) is 0.583. The number of likely N-dealkylation sites (tertiary alicyclic amines) is 1. The Balaban J connectivity index is 1.84. The molecule has 1 aromatic heterocycles. The Morgan fingerprint density at radius 2 is 1.82 bits per heavy atom. The van der Waals surface area contributed by atoms with Crippen LogP contribution in [-0.4, -0.2) is 55.2 Å². The fourth-order valence-corrected chi connectivity index (χ4v) is 5.59. The Kier molecular flexibility index (Phi) is 8.02. The van der Waals surface area contributed by atoms with E-state index >= 15 is 0 Å². The van der Waals surface area contributed by atoms with E-state index in [1.165, 1.54) is 15.2 Å². The Hall–Kier alpha value is -2.46. The second-order valence-electron chi connectivity index (χ2n) is 9.78. The first-order valence-corrected chi connectivity index (χ1v) is 13.2. The lowest BCUT2D eigenvalue weighted by atomic mass is 9.91. The molecule has 34 heavy (non-hydrogen) atoms. The monoisotopic (exact) mass is 493 g/mol. The molecule has 1 amide bonds. The largest absolute Gasteiger partial charge is 0.326 e.